The Kier molecular flexibility index (Phi) is 11.8. The number of fused-ring (bicyclic) bond motifs is 2. The van der Waals surface area contributed by atoms with Crippen molar-refractivity contribution in [3.63, 3.8) is 0 Å². The summed E-state index contributed by atoms with van der Waals surface area (Å²) in [4.78, 5) is 0. The standard InChI is InChI=1S/C16H14P.C16H13.2ClH.Hf/c1-12-6-2-5-9-16(12)17-15-10-13-7-3-4-8-14(13)11-15;1-12-10-14-8-5-9-15(16(14)11-12)13-6-3-2-4-7-13;;;/h2-11,17H,1H3;2-11H,1H3;2*1H;/q2*-1;;;+4/p-2. The van der Waals surface area contributed by atoms with Gasteiger partial charge in [-0.05, 0) is 23.4 Å². The Bertz CT molecular complexity index is 1480. The molecule has 0 nitrogen and oxygen atoms in total. The van der Waals surface area contributed by atoms with E-state index in [0.29, 0.717) is 0 Å². The summed E-state index contributed by atoms with van der Waals surface area (Å²) >= 11 is 0. The zero-order chi connectivity index (χ0) is 22.6. The average molecular weight is 692 g/mol. The average Bonchev–Trinajstić information content (AvgIpc) is 3.43. The normalized spacial score (nSPS) is 10.3. The minimum Gasteiger partial charge on any atom is -1.00 e. The van der Waals surface area contributed by atoms with Crippen LogP contribution in [-0.4, -0.2) is 0 Å². The van der Waals surface area contributed by atoms with Gasteiger partial charge in [-0.2, -0.15) is 12.1 Å². The van der Waals surface area contributed by atoms with Crippen LogP contribution in [0.25, 0.3) is 32.7 Å². The van der Waals surface area contributed by atoms with Gasteiger partial charge in [-0.1, -0.05) is 87.8 Å². The first-order valence-corrected chi connectivity index (χ1v) is 12.4. The van der Waals surface area contributed by atoms with E-state index in [1.165, 1.54) is 54.4 Å². The van der Waals surface area contributed by atoms with E-state index in [4.69, 9.17) is 0 Å². The first-order chi connectivity index (χ1) is 16.2. The van der Waals surface area contributed by atoms with Gasteiger partial charge in [0.2, 0.25) is 0 Å². The Balaban J connectivity index is 0.000000234. The molecule has 0 aliphatic rings. The summed E-state index contributed by atoms with van der Waals surface area (Å²) in [7, 11) is 0.759. The number of aryl methyl sites for hydroxylation is 2. The summed E-state index contributed by atoms with van der Waals surface area (Å²) in [6.45, 7) is 4.33. The SMILES string of the molecule is Cc1cc2c(-c3ccccc3)cccc2[cH-]1.Cc1ccccc1Pc1cc2ccccc2[cH-]1.[Cl-].[Cl-].[Hf+4]. The van der Waals surface area contributed by atoms with E-state index in [1.54, 1.807) is 0 Å². The van der Waals surface area contributed by atoms with Gasteiger partial charge >= 0.3 is 25.8 Å². The van der Waals surface area contributed by atoms with E-state index >= 15 is 0 Å². The van der Waals surface area contributed by atoms with Crippen LogP contribution in [0.15, 0.2) is 121 Å². The molecule has 0 spiro atoms. The summed E-state index contributed by atoms with van der Waals surface area (Å²) in [6.07, 6.45) is 0. The molecule has 0 heterocycles. The number of hydrogen-bond acceptors (Lipinski definition) is 0. The number of rotatable bonds is 3. The second kappa shape index (κ2) is 14.1. The van der Waals surface area contributed by atoms with Crippen molar-refractivity contribution >= 4 is 40.7 Å². The van der Waals surface area contributed by atoms with E-state index in [2.05, 4.69) is 135 Å². The van der Waals surface area contributed by atoms with Gasteiger partial charge in [0, 0.05) is 0 Å². The van der Waals surface area contributed by atoms with Gasteiger partial charge in [-0.3, -0.25) is 0 Å². The maximum atomic E-state index is 2.31. The van der Waals surface area contributed by atoms with E-state index in [-0.39, 0.29) is 50.7 Å². The van der Waals surface area contributed by atoms with Crippen LogP contribution in [0.2, 0.25) is 0 Å². The van der Waals surface area contributed by atoms with Gasteiger partial charge in [0.05, 0.1) is 0 Å². The first kappa shape index (κ1) is 30.2. The molecule has 0 bridgehead atoms. The quantitative estimate of drug-likeness (QED) is 0.152. The van der Waals surface area contributed by atoms with Crippen molar-refractivity contribution in [1.82, 2.24) is 0 Å². The van der Waals surface area contributed by atoms with Crippen molar-refractivity contribution in [1.29, 1.82) is 0 Å². The van der Waals surface area contributed by atoms with Crippen LogP contribution >= 0.6 is 8.58 Å². The van der Waals surface area contributed by atoms with Crippen molar-refractivity contribution in [3.05, 3.63) is 132 Å². The minimum atomic E-state index is 0. The van der Waals surface area contributed by atoms with E-state index in [1.807, 2.05) is 0 Å². The van der Waals surface area contributed by atoms with Gasteiger partial charge < -0.3 is 24.8 Å². The molecule has 0 aromatic heterocycles. The summed E-state index contributed by atoms with van der Waals surface area (Å²) in [5.74, 6) is 0. The monoisotopic (exact) mass is 692 g/mol. The Hall–Kier alpha value is -2.02. The summed E-state index contributed by atoms with van der Waals surface area (Å²) in [5, 5.41) is 8.26. The van der Waals surface area contributed by atoms with E-state index in [9.17, 15) is 0 Å². The third-order valence-corrected chi connectivity index (χ3v) is 7.43. The molecule has 0 saturated carbocycles. The molecule has 1 atom stereocenters. The predicted octanol–water partition coefficient (Wildman–Crippen LogP) is 2.04. The molecule has 6 aromatic rings. The van der Waals surface area contributed by atoms with E-state index in [0.717, 1.165) is 8.58 Å². The van der Waals surface area contributed by atoms with Crippen LogP contribution in [0.1, 0.15) is 11.1 Å². The third kappa shape index (κ3) is 7.05. The maximum absolute atomic E-state index is 2.31. The van der Waals surface area contributed by atoms with Crippen molar-refractivity contribution in [2.24, 2.45) is 0 Å². The fourth-order valence-electron chi connectivity index (χ4n) is 4.35. The number of halogens is 2. The minimum absolute atomic E-state index is 0. The molecular formula is C32H27Cl2HfP. The van der Waals surface area contributed by atoms with Crippen molar-refractivity contribution < 1.29 is 50.7 Å². The second-order valence-corrected chi connectivity index (χ2v) is 9.89. The van der Waals surface area contributed by atoms with Crippen LogP contribution < -0.4 is 35.4 Å². The van der Waals surface area contributed by atoms with Crippen LogP contribution in [0.5, 0.6) is 0 Å². The molecule has 0 N–H and O–H groups in total. The molecule has 0 aliphatic heterocycles. The molecule has 4 heteroatoms. The van der Waals surface area contributed by atoms with Crippen molar-refractivity contribution in [2.75, 3.05) is 0 Å². The molecule has 0 amide bonds. The molecule has 0 radical (unpaired) electrons. The second-order valence-electron chi connectivity index (χ2n) is 8.52. The van der Waals surface area contributed by atoms with Gasteiger partial charge in [0.1, 0.15) is 0 Å². The predicted molar refractivity (Wildman–Crippen MR) is 148 cm³/mol. The van der Waals surface area contributed by atoms with Crippen LogP contribution in [0, 0.1) is 13.8 Å². The summed E-state index contributed by atoms with van der Waals surface area (Å²) in [5.41, 5.74) is 5.33. The van der Waals surface area contributed by atoms with Crippen molar-refractivity contribution in [2.45, 2.75) is 13.8 Å². The maximum Gasteiger partial charge on any atom is 4.00 e. The smallest absolute Gasteiger partial charge is 1.00 e. The van der Waals surface area contributed by atoms with Crippen LogP contribution in [0.4, 0.5) is 0 Å². The first-order valence-electron chi connectivity index (χ1n) is 11.4. The van der Waals surface area contributed by atoms with Crippen LogP contribution in [0.3, 0.4) is 0 Å². The third-order valence-electron chi connectivity index (χ3n) is 6.02. The summed E-state index contributed by atoms with van der Waals surface area (Å²) < 4.78 is 0. The topological polar surface area (TPSA) is 0 Å². The van der Waals surface area contributed by atoms with E-state index < -0.39 is 0 Å². The Morgan fingerprint density at radius 3 is 2.03 bits per heavy atom. The Morgan fingerprint density at radius 2 is 1.28 bits per heavy atom. The van der Waals surface area contributed by atoms with Crippen LogP contribution in [-0.2, 0) is 25.8 Å². The molecule has 0 fully saturated rings. The zero-order valence-corrected chi connectivity index (χ0v) is 26.4. The molecule has 6 aromatic carbocycles. The molecule has 36 heavy (non-hydrogen) atoms. The molecule has 6 rings (SSSR count). The Morgan fingerprint density at radius 1 is 0.611 bits per heavy atom. The molecule has 0 saturated heterocycles. The molecule has 0 aliphatic carbocycles. The van der Waals surface area contributed by atoms with Gasteiger partial charge in [0.25, 0.3) is 0 Å². The van der Waals surface area contributed by atoms with Gasteiger partial charge in [-0.25, -0.2) is 0 Å². The molecule has 178 valence electrons. The molecular weight excluding hydrogens is 665 g/mol. The number of benzene rings is 4. The zero-order valence-electron chi connectivity index (χ0n) is 20.3. The largest absolute Gasteiger partial charge is 4.00 e. The Labute approximate surface area is 247 Å². The fourth-order valence-corrected chi connectivity index (χ4v) is 5.57. The van der Waals surface area contributed by atoms with Gasteiger partial charge in [0.15, 0.2) is 0 Å². The summed E-state index contributed by atoms with van der Waals surface area (Å²) in [6, 6.07) is 43.4. The molecule has 1 unspecified atom stereocenters. The fraction of sp³-hybridized carbons (Fsp3) is 0.0625. The van der Waals surface area contributed by atoms with Gasteiger partial charge in [-0.15, -0.1) is 74.9 Å². The number of hydrogen-bond donors (Lipinski definition) is 0. The van der Waals surface area contributed by atoms with Crippen molar-refractivity contribution in [3.8, 4) is 11.1 Å².